The van der Waals surface area contributed by atoms with Gasteiger partial charge in [-0.15, -0.1) is 0 Å². The summed E-state index contributed by atoms with van der Waals surface area (Å²) in [7, 11) is 3.38. The van der Waals surface area contributed by atoms with Crippen molar-refractivity contribution in [1.82, 2.24) is 15.1 Å². The average molecular weight is 295 g/mol. The van der Waals surface area contributed by atoms with Crippen molar-refractivity contribution in [2.24, 2.45) is 0 Å². The first-order valence-corrected chi connectivity index (χ1v) is 8.44. The molecule has 0 bridgehead atoms. The fraction of sp³-hybridized carbons (Fsp3) is 0.938. The number of carbonyl (C=O) groups is 1. The van der Waals surface area contributed by atoms with Crippen LogP contribution in [0, 0.1) is 0 Å². The van der Waals surface area contributed by atoms with Gasteiger partial charge in [-0.2, -0.15) is 0 Å². The Morgan fingerprint density at radius 2 is 1.95 bits per heavy atom. The topological polar surface area (TPSA) is 44.8 Å². The lowest BCUT2D eigenvalue weighted by Gasteiger charge is -2.46. The summed E-state index contributed by atoms with van der Waals surface area (Å²) in [5.41, 5.74) is -0.455. The molecule has 0 radical (unpaired) electrons. The van der Waals surface area contributed by atoms with Crippen LogP contribution in [0.5, 0.6) is 0 Å². The molecule has 120 valence electrons. The Morgan fingerprint density at radius 1 is 1.14 bits per heavy atom. The Morgan fingerprint density at radius 3 is 2.71 bits per heavy atom. The highest BCUT2D eigenvalue weighted by Gasteiger charge is 2.47. The molecule has 0 aromatic carbocycles. The molecule has 2 aliphatic heterocycles. The van der Waals surface area contributed by atoms with Crippen molar-refractivity contribution in [3.8, 4) is 0 Å². The van der Waals surface area contributed by atoms with Gasteiger partial charge in [-0.1, -0.05) is 6.42 Å². The Balaban J connectivity index is 1.62. The third kappa shape index (κ3) is 2.83. The van der Waals surface area contributed by atoms with E-state index in [1.165, 1.54) is 46.0 Å². The molecule has 21 heavy (non-hydrogen) atoms. The van der Waals surface area contributed by atoms with Gasteiger partial charge < -0.3 is 10.1 Å². The van der Waals surface area contributed by atoms with Gasteiger partial charge in [0.05, 0.1) is 7.11 Å². The maximum atomic E-state index is 12.1. The minimum atomic E-state index is -0.455. The number of piperazine rings is 1. The standard InChI is InChI=1S/C16H29N3O2/c1-17-16(15(20)21-2)7-6-13(11-16)19-10-9-18-8-4-3-5-14(18)12-19/h13-14,17H,3-12H2,1-2H3. The van der Waals surface area contributed by atoms with Crippen LogP contribution in [-0.2, 0) is 9.53 Å². The largest absolute Gasteiger partial charge is 0.468 e. The van der Waals surface area contributed by atoms with Crippen molar-refractivity contribution in [2.75, 3.05) is 40.3 Å². The number of likely N-dealkylation sites (N-methyl/N-ethyl adjacent to an activating group) is 1. The molecule has 5 nitrogen and oxygen atoms in total. The van der Waals surface area contributed by atoms with Gasteiger partial charge in [-0.3, -0.25) is 14.6 Å². The molecule has 0 aromatic heterocycles. The molecule has 2 saturated heterocycles. The second-order valence-electron chi connectivity index (χ2n) is 6.90. The van der Waals surface area contributed by atoms with Crippen LogP contribution in [0.25, 0.3) is 0 Å². The number of hydrogen-bond donors (Lipinski definition) is 1. The van der Waals surface area contributed by atoms with Crippen molar-refractivity contribution < 1.29 is 9.53 Å². The van der Waals surface area contributed by atoms with Gasteiger partial charge in [-0.05, 0) is 45.7 Å². The molecule has 1 saturated carbocycles. The van der Waals surface area contributed by atoms with Gasteiger partial charge in [0.25, 0.3) is 0 Å². The second-order valence-corrected chi connectivity index (χ2v) is 6.90. The Labute approximate surface area is 128 Å². The number of piperidine rings is 1. The summed E-state index contributed by atoms with van der Waals surface area (Å²) in [6.45, 7) is 4.82. The number of carbonyl (C=O) groups excluding carboxylic acids is 1. The van der Waals surface area contributed by atoms with Crippen molar-refractivity contribution >= 4 is 5.97 Å². The van der Waals surface area contributed by atoms with Gasteiger partial charge in [-0.25, -0.2) is 0 Å². The molecule has 5 heteroatoms. The highest BCUT2D eigenvalue weighted by atomic mass is 16.5. The number of hydrogen-bond acceptors (Lipinski definition) is 5. The van der Waals surface area contributed by atoms with E-state index in [-0.39, 0.29) is 5.97 Å². The number of rotatable bonds is 3. The normalized spacial score (nSPS) is 38.2. The molecular formula is C16H29N3O2. The maximum Gasteiger partial charge on any atom is 0.326 e. The first-order chi connectivity index (χ1) is 10.2. The monoisotopic (exact) mass is 295 g/mol. The minimum Gasteiger partial charge on any atom is -0.468 e. The fourth-order valence-electron chi connectivity index (χ4n) is 4.55. The van der Waals surface area contributed by atoms with Crippen LogP contribution < -0.4 is 5.32 Å². The molecule has 3 atom stereocenters. The number of ether oxygens (including phenoxy) is 1. The summed E-state index contributed by atoms with van der Waals surface area (Å²) in [6.07, 6.45) is 6.97. The van der Waals surface area contributed by atoms with E-state index in [2.05, 4.69) is 15.1 Å². The van der Waals surface area contributed by atoms with Gasteiger partial charge in [0.1, 0.15) is 5.54 Å². The molecule has 3 rings (SSSR count). The first-order valence-electron chi connectivity index (χ1n) is 8.44. The molecule has 0 spiro atoms. The molecule has 0 aromatic rings. The van der Waals surface area contributed by atoms with Gasteiger partial charge in [0.15, 0.2) is 0 Å². The van der Waals surface area contributed by atoms with E-state index in [4.69, 9.17) is 4.74 Å². The summed E-state index contributed by atoms with van der Waals surface area (Å²) in [5.74, 6) is -0.0937. The highest BCUT2D eigenvalue weighted by molar-refractivity contribution is 5.81. The van der Waals surface area contributed by atoms with Gasteiger partial charge in [0.2, 0.25) is 0 Å². The van der Waals surface area contributed by atoms with Crippen LogP contribution in [0.4, 0.5) is 0 Å². The van der Waals surface area contributed by atoms with Crippen LogP contribution in [0.1, 0.15) is 38.5 Å². The molecule has 3 unspecified atom stereocenters. The van der Waals surface area contributed by atoms with E-state index in [1.54, 1.807) is 0 Å². The number of fused-ring (bicyclic) bond motifs is 1. The van der Waals surface area contributed by atoms with Crippen LogP contribution in [0.3, 0.4) is 0 Å². The summed E-state index contributed by atoms with van der Waals surface area (Å²) in [6, 6.07) is 1.27. The van der Waals surface area contributed by atoms with Crippen LogP contribution in [0.2, 0.25) is 0 Å². The third-order valence-electron chi connectivity index (χ3n) is 5.93. The van der Waals surface area contributed by atoms with Gasteiger partial charge in [0, 0.05) is 31.7 Å². The maximum absolute atomic E-state index is 12.1. The Kier molecular flexibility index (Phi) is 4.52. The molecule has 2 heterocycles. The van der Waals surface area contributed by atoms with E-state index in [9.17, 15) is 4.79 Å². The quantitative estimate of drug-likeness (QED) is 0.782. The van der Waals surface area contributed by atoms with Crippen molar-refractivity contribution in [1.29, 1.82) is 0 Å². The zero-order chi connectivity index (χ0) is 14.9. The molecular weight excluding hydrogens is 266 g/mol. The average Bonchev–Trinajstić information content (AvgIpc) is 2.99. The zero-order valence-electron chi connectivity index (χ0n) is 13.4. The molecule has 1 N–H and O–H groups in total. The predicted octanol–water partition coefficient (Wildman–Crippen LogP) is 0.840. The molecule has 1 aliphatic carbocycles. The first kappa shape index (κ1) is 15.3. The van der Waals surface area contributed by atoms with Crippen LogP contribution >= 0.6 is 0 Å². The Hall–Kier alpha value is -0.650. The predicted molar refractivity (Wildman–Crippen MR) is 82.2 cm³/mol. The van der Waals surface area contributed by atoms with Gasteiger partial charge >= 0.3 is 5.97 Å². The summed E-state index contributed by atoms with van der Waals surface area (Å²) in [4.78, 5) is 17.4. The number of nitrogens with one attached hydrogen (secondary N) is 1. The van der Waals surface area contributed by atoms with Crippen molar-refractivity contribution in [2.45, 2.75) is 56.1 Å². The number of nitrogens with zero attached hydrogens (tertiary/aromatic N) is 2. The van der Waals surface area contributed by atoms with E-state index < -0.39 is 5.54 Å². The van der Waals surface area contributed by atoms with Crippen LogP contribution in [0.15, 0.2) is 0 Å². The zero-order valence-corrected chi connectivity index (χ0v) is 13.4. The lowest BCUT2D eigenvalue weighted by molar-refractivity contribution is -0.148. The summed E-state index contributed by atoms with van der Waals surface area (Å²) in [5, 5.41) is 3.24. The highest BCUT2D eigenvalue weighted by Crippen LogP contribution is 2.35. The van der Waals surface area contributed by atoms with Crippen molar-refractivity contribution in [3.05, 3.63) is 0 Å². The molecule has 3 aliphatic rings. The lowest BCUT2D eigenvalue weighted by Crippen LogP contribution is -2.57. The van der Waals surface area contributed by atoms with E-state index >= 15 is 0 Å². The van der Waals surface area contributed by atoms with E-state index in [1.807, 2.05) is 7.05 Å². The second kappa shape index (κ2) is 6.23. The number of esters is 1. The lowest BCUT2D eigenvalue weighted by atomic mass is 9.96. The molecule has 3 fully saturated rings. The molecule has 0 amide bonds. The SMILES string of the molecule is CNC1(C(=O)OC)CCC(N2CCN3CCCCC3C2)C1. The van der Waals surface area contributed by atoms with E-state index in [0.717, 1.165) is 31.8 Å². The Bertz CT molecular complexity index is 390. The van der Waals surface area contributed by atoms with E-state index in [0.29, 0.717) is 6.04 Å². The smallest absolute Gasteiger partial charge is 0.326 e. The van der Waals surface area contributed by atoms with Crippen molar-refractivity contribution in [3.63, 3.8) is 0 Å². The number of methoxy groups -OCH3 is 1. The van der Waals surface area contributed by atoms with Crippen LogP contribution in [-0.4, -0.2) is 73.7 Å². The minimum absolute atomic E-state index is 0.0937. The fourth-order valence-corrected chi connectivity index (χ4v) is 4.55. The third-order valence-corrected chi connectivity index (χ3v) is 5.93. The summed E-state index contributed by atoms with van der Waals surface area (Å²) < 4.78 is 5.02. The summed E-state index contributed by atoms with van der Waals surface area (Å²) >= 11 is 0.